The second-order valence-corrected chi connectivity index (χ2v) is 10.5. The van der Waals surface area contributed by atoms with Gasteiger partial charge in [0.25, 0.3) is 5.56 Å². The number of amides is 1. The highest BCUT2D eigenvalue weighted by Gasteiger charge is 2.53. The predicted molar refractivity (Wildman–Crippen MR) is 127 cm³/mol. The molecular formula is C27H34FN3O3. The Kier molecular flexibility index (Phi) is 6.56. The van der Waals surface area contributed by atoms with Crippen molar-refractivity contribution < 1.29 is 14.3 Å². The van der Waals surface area contributed by atoms with Crippen LogP contribution in [-0.2, 0) is 11.3 Å². The summed E-state index contributed by atoms with van der Waals surface area (Å²) in [5.41, 5.74) is -0.782. The van der Waals surface area contributed by atoms with E-state index in [-0.39, 0.29) is 41.1 Å². The van der Waals surface area contributed by atoms with E-state index in [0.29, 0.717) is 25.4 Å². The molecule has 2 heterocycles. The van der Waals surface area contributed by atoms with Gasteiger partial charge in [0.2, 0.25) is 5.91 Å². The van der Waals surface area contributed by atoms with Gasteiger partial charge in [0.15, 0.2) is 0 Å². The minimum absolute atomic E-state index is 0.0528. The van der Waals surface area contributed by atoms with Gasteiger partial charge in [0.1, 0.15) is 5.82 Å². The number of likely N-dealkylation sites (tertiary alicyclic amines) is 1. The molecule has 1 saturated heterocycles. The molecule has 2 atom stereocenters. The number of piperidine rings is 1. The molecule has 5 rings (SSSR count). The summed E-state index contributed by atoms with van der Waals surface area (Å²) in [6.07, 6.45) is 11.1. The fourth-order valence-electron chi connectivity index (χ4n) is 6.40. The molecule has 2 saturated carbocycles. The molecule has 34 heavy (non-hydrogen) atoms. The maximum absolute atomic E-state index is 14.1. The summed E-state index contributed by atoms with van der Waals surface area (Å²) >= 11 is 0. The zero-order valence-corrected chi connectivity index (χ0v) is 19.7. The van der Waals surface area contributed by atoms with E-state index in [4.69, 9.17) is 0 Å². The Hall–Kier alpha value is -2.54. The Morgan fingerprint density at radius 1 is 1.09 bits per heavy atom. The molecule has 1 aliphatic heterocycles. The first-order chi connectivity index (χ1) is 16.4. The van der Waals surface area contributed by atoms with Crippen LogP contribution in [0.1, 0.15) is 57.8 Å². The van der Waals surface area contributed by atoms with Gasteiger partial charge in [0, 0.05) is 43.0 Å². The average molecular weight is 468 g/mol. The first kappa shape index (κ1) is 23.2. The van der Waals surface area contributed by atoms with Crippen LogP contribution in [0.4, 0.5) is 4.39 Å². The number of rotatable bonds is 6. The average Bonchev–Trinajstić information content (AvgIpc) is 3.01. The van der Waals surface area contributed by atoms with Gasteiger partial charge in [-0.1, -0.05) is 44.2 Å². The number of carbonyl (C=O) groups excluding carboxylic acids is 1. The molecule has 3 aliphatic rings. The van der Waals surface area contributed by atoms with E-state index in [0.717, 1.165) is 19.3 Å². The van der Waals surface area contributed by atoms with Crippen molar-refractivity contribution in [2.75, 3.05) is 13.1 Å². The summed E-state index contributed by atoms with van der Waals surface area (Å²) in [5, 5.41) is 11.6. The molecule has 182 valence electrons. The SMILES string of the molecule is O=C(CCC1CCCCC1)N1CC2CCC(C1)C2(O)Cn1cnc(-c2ccccc2F)cc1=O. The predicted octanol–water partition coefficient (Wildman–Crippen LogP) is 4.01. The second-order valence-electron chi connectivity index (χ2n) is 10.5. The summed E-state index contributed by atoms with van der Waals surface area (Å²) < 4.78 is 15.5. The summed E-state index contributed by atoms with van der Waals surface area (Å²) in [7, 11) is 0. The van der Waals surface area contributed by atoms with Gasteiger partial charge in [-0.05, 0) is 37.3 Å². The summed E-state index contributed by atoms with van der Waals surface area (Å²) in [4.78, 5) is 32.0. The Morgan fingerprint density at radius 3 is 2.47 bits per heavy atom. The summed E-state index contributed by atoms with van der Waals surface area (Å²) in [6, 6.07) is 7.56. The zero-order chi connectivity index (χ0) is 23.7. The second kappa shape index (κ2) is 9.61. The Labute approximate surface area is 199 Å². The molecule has 0 spiro atoms. The van der Waals surface area contributed by atoms with Gasteiger partial charge in [-0.25, -0.2) is 9.37 Å². The highest BCUT2D eigenvalue weighted by Crippen LogP contribution is 2.46. The zero-order valence-electron chi connectivity index (χ0n) is 19.7. The third-order valence-electron chi connectivity index (χ3n) is 8.46. The molecule has 7 heteroatoms. The van der Waals surface area contributed by atoms with Crippen molar-refractivity contribution in [1.29, 1.82) is 0 Å². The number of hydrogen-bond donors (Lipinski definition) is 1. The van der Waals surface area contributed by atoms with Crippen molar-refractivity contribution >= 4 is 5.91 Å². The lowest BCUT2D eigenvalue weighted by atomic mass is 9.79. The maximum Gasteiger partial charge on any atom is 0.253 e. The third-order valence-corrected chi connectivity index (χ3v) is 8.46. The molecule has 1 amide bonds. The van der Waals surface area contributed by atoms with Crippen molar-refractivity contribution in [3.8, 4) is 11.3 Å². The van der Waals surface area contributed by atoms with Gasteiger partial charge in [-0.3, -0.25) is 14.2 Å². The maximum atomic E-state index is 14.1. The van der Waals surface area contributed by atoms with E-state index in [1.165, 1.54) is 55.1 Å². The van der Waals surface area contributed by atoms with Crippen LogP contribution in [0.15, 0.2) is 41.5 Å². The lowest BCUT2D eigenvalue weighted by Crippen LogP contribution is -2.57. The fourth-order valence-corrected chi connectivity index (χ4v) is 6.40. The Morgan fingerprint density at radius 2 is 1.79 bits per heavy atom. The Bertz CT molecular complexity index is 1080. The third kappa shape index (κ3) is 4.54. The minimum Gasteiger partial charge on any atom is -0.387 e. The number of aromatic nitrogens is 2. The molecule has 1 aromatic carbocycles. The molecule has 2 aliphatic carbocycles. The summed E-state index contributed by atoms with van der Waals surface area (Å²) in [5.74, 6) is 0.357. The van der Waals surface area contributed by atoms with Crippen molar-refractivity contribution in [2.24, 2.45) is 17.8 Å². The lowest BCUT2D eigenvalue weighted by Gasteiger charge is -2.44. The van der Waals surface area contributed by atoms with E-state index in [9.17, 15) is 19.1 Å². The number of hydrogen-bond acceptors (Lipinski definition) is 4. The van der Waals surface area contributed by atoms with Crippen molar-refractivity contribution in [3.63, 3.8) is 0 Å². The van der Waals surface area contributed by atoms with E-state index in [2.05, 4.69) is 4.98 Å². The van der Waals surface area contributed by atoms with Crippen molar-refractivity contribution in [2.45, 2.75) is 69.9 Å². The molecule has 1 N–H and O–H groups in total. The number of carbonyl (C=O) groups is 1. The van der Waals surface area contributed by atoms with E-state index < -0.39 is 11.4 Å². The highest BCUT2D eigenvalue weighted by molar-refractivity contribution is 5.76. The first-order valence-electron chi connectivity index (χ1n) is 12.8. The van der Waals surface area contributed by atoms with Crippen LogP contribution in [0.2, 0.25) is 0 Å². The van der Waals surface area contributed by atoms with Gasteiger partial charge in [0.05, 0.1) is 24.2 Å². The molecular weight excluding hydrogens is 433 g/mol. The Balaban J connectivity index is 1.24. The van der Waals surface area contributed by atoms with Gasteiger partial charge >= 0.3 is 0 Å². The molecule has 3 fully saturated rings. The fraction of sp³-hybridized carbons (Fsp3) is 0.593. The topological polar surface area (TPSA) is 75.4 Å². The molecule has 6 nitrogen and oxygen atoms in total. The monoisotopic (exact) mass is 467 g/mol. The van der Waals surface area contributed by atoms with Crippen molar-refractivity contribution in [1.82, 2.24) is 14.5 Å². The van der Waals surface area contributed by atoms with E-state index >= 15 is 0 Å². The smallest absolute Gasteiger partial charge is 0.253 e. The normalized spacial score (nSPS) is 27.2. The number of nitrogens with zero attached hydrogens (tertiary/aromatic N) is 3. The van der Waals surface area contributed by atoms with Crippen LogP contribution >= 0.6 is 0 Å². The van der Waals surface area contributed by atoms with Crippen LogP contribution in [0, 0.1) is 23.6 Å². The van der Waals surface area contributed by atoms with Crippen LogP contribution < -0.4 is 5.56 Å². The standard InChI is InChI=1S/C27H34FN3O3/c28-23-9-5-4-8-22(23)24-14-26(33)31(18-29-24)17-27(34)20-11-12-21(27)16-30(15-20)25(32)13-10-19-6-2-1-3-7-19/h4-5,8-9,14,18-21,34H,1-3,6-7,10-13,15-17H2. The number of halogens is 1. The van der Waals surface area contributed by atoms with Crippen LogP contribution in [0.25, 0.3) is 11.3 Å². The molecule has 1 aromatic heterocycles. The van der Waals surface area contributed by atoms with Gasteiger partial charge in [-0.2, -0.15) is 0 Å². The lowest BCUT2D eigenvalue weighted by molar-refractivity contribution is -0.144. The van der Waals surface area contributed by atoms with Crippen LogP contribution in [0.5, 0.6) is 0 Å². The van der Waals surface area contributed by atoms with E-state index in [1.807, 2.05) is 4.90 Å². The van der Waals surface area contributed by atoms with Crippen LogP contribution in [0.3, 0.4) is 0 Å². The molecule has 2 unspecified atom stereocenters. The first-order valence-corrected chi connectivity index (χ1v) is 12.8. The molecule has 0 radical (unpaired) electrons. The van der Waals surface area contributed by atoms with Gasteiger partial charge < -0.3 is 10.0 Å². The molecule has 2 bridgehead atoms. The summed E-state index contributed by atoms with van der Waals surface area (Å²) in [6.45, 7) is 1.24. The largest absolute Gasteiger partial charge is 0.387 e. The van der Waals surface area contributed by atoms with Crippen LogP contribution in [-0.4, -0.2) is 44.2 Å². The number of benzene rings is 1. The molecule has 2 aromatic rings. The quantitative estimate of drug-likeness (QED) is 0.697. The highest BCUT2D eigenvalue weighted by atomic mass is 19.1. The van der Waals surface area contributed by atoms with E-state index in [1.54, 1.807) is 18.2 Å². The number of aliphatic hydroxyl groups is 1. The van der Waals surface area contributed by atoms with Crippen molar-refractivity contribution in [3.05, 3.63) is 52.8 Å². The van der Waals surface area contributed by atoms with Gasteiger partial charge in [-0.15, -0.1) is 0 Å². The number of fused-ring (bicyclic) bond motifs is 2. The minimum atomic E-state index is -1.04.